The van der Waals surface area contributed by atoms with Crippen molar-refractivity contribution in [3.05, 3.63) is 71.0 Å². The number of benzene rings is 1. The first-order chi connectivity index (χ1) is 9.74. The first-order valence-corrected chi connectivity index (χ1v) is 6.73. The van der Waals surface area contributed by atoms with Gasteiger partial charge >= 0.3 is 0 Å². The van der Waals surface area contributed by atoms with Crippen LogP contribution in [0.1, 0.15) is 11.3 Å². The standard InChI is InChI=1S/C16H15ClN2O/c17-14-5-3-4-13(12-14)7-8-16(20)19-11-9-15-6-1-2-10-18-15/h1-8,10,12H,9,11H2,(H,19,20)/b8-7+. The van der Waals surface area contributed by atoms with Crippen molar-refractivity contribution in [2.24, 2.45) is 0 Å². The van der Waals surface area contributed by atoms with Crippen LogP contribution < -0.4 is 5.32 Å². The molecule has 1 amide bonds. The molecule has 0 spiro atoms. The highest BCUT2D eigenvalue weighted by Crippen LogP contribution is 2.11. The number of nitrogens with one attached hydrogen (secondary N) is 1. The smallest absolute Gasteiger partial charge is 0.244 e. The van der Waals surface area contributed by atoms with Gasteiger partial charge in [0.05, 0.1) is 0 Å². The molecule has 1 aromatic heterocycles. The summed E-state index contributed by atoms with van der Waals surface area (Å²) in [7, 11) is 0. The summed E-state index contributed by atoms with van der Waals surface area (Å²) in [6, 6.07) is 13.1. The minimum Gasteiger partial charge on any atom is -0.352 e. The van der Waals surface area contributed by atoms with Crippen LogP contribution in [0.5, 0.6) is 0 Å². The van der Waals surface area contributed by atoms with Crippen LogP contribution >= 0.6 is 11.6 Å². The van der Waals surface area contributed by atoms with Crippen LogP contribution in [0.3, 0.4) is 0 Å². The minimum atomic E-state index is -0.124. The zero-order chi connectivity index (χ0) is 14.2. The first-order valence-electron chi connectivity index (χ1n) is 6.35. The fourth-order valence-corrected chi connectivity index (χ4v) is 1.90. The van der Waals surface area contributed by atoms with Gasteiger partial charge in [0.25, 0.3) is 0 Å². The van der Waals surface area contributed by atoms with E-state index in [0.717, 1.165) is 17.7 Å². The molecule has 0 saturated heterocycles. The van der Waals surface area contributed by atoms with Crippen molar-refractivity contribution in [2.75, 3.05) is 6.54 Å². The molecule has 4 heteroatoms. The number of pyridine rings is 1. The summed E-state index contributed by atoms with van der Waals surface area (Å²) in [6.07, 6.45) is 5.71. The second-order valence-electron chi connectivity index (χ2n) is 4.25. The quantitative estimate of drug-likeness (QED) is 0.858. The van der Waals surface area contributed by atoms with Crippen molar-refractivity contribution in [1.29, 1.82) is 0 Å². The molecule has 0 aliphatic rings. The maximum atomic E-state index is 11.6. The number of nitrogens with zero attached hydrogens (tertiary/aromatic N) is 1. The van der Waals surface area contributed by atoms with E-state index >= 15 is 0 Å². The molecular formula is C16H15ClN2O. The summed E-state index contributed by atoms with van der Waals surface area (Å²) >= 11 is 5.87. The molecule has 0 atom stereocenters. The lowest BCUT2D eigenvalue weighted by Crippen LogP contribution is -2.23. The molecular weight excluding hydrogens is 272 g/mol. The van der Waals surface area contributed by atoms with Gasteiger partial charge < -0.3 is 5.32 Å². The number of halogens is 1. The van der Waals surface area contributed by atoms with E-state index in [9.17, 15) is 4.79 Å². The van der Waals surface area contributed by atoms with Crippen LogP contribution in [0.2, 0.25) is 5.02 Å². The molecule has 0 radical (unpaired) electrons. The number of aromatic nitrogens is 1. The molecule has 2 rings (SSSR count). The third kappa shape index (κ3) is 4.86. The van der Waals surface area contributed by atoms with Gasteiger partial charge in [0.2, 0.25) is 5.91 Å². The van der Waals surface area contributed by atoms with Crippen LogP contribution in [0, 0.1) is 0 Å². The van der Waals surface area contributed by atoms with Gasteiger partial charge in [-0.2, -0.15) is 0 Å². The number of rotatable bonds is 5. The zero-order valence-corrected chi connectivity index (χ0v) is 11.7. The second-order valence-corrected chi connectivity index (χ2v) is 4.69. The average Bonchev–Trinajstić information content (AvgIpc) is 2.46. The van der Waals surface area contributed by atoms with Gasteiger partial charge in [-0.15, -0.1) is 0 Å². The summed E-state index contributed by atoms with van der Waals surface area (Å²) in [5.41, 5.74) is 1.86. The molecule has 0 bridgehead atoms. The van der Waals surface area contributed by atoms with E-state index in [0.29, 0.717) is 11.6 Å². The average molecular weight is 287 g/mol. The monoisotopic (exact) mass is 286 g/mol. The van der Waals surface area contributed by atoms with Crippen molar-refractivity contribution in [1.82, 2.24) is 10.3 Å². The Bertz CT molecular complexity index is 596. The van der Waals surface area contributed by atoms with Crippen molar-refractivity contribution in [3.63, 3.8) is 0 Å². The van der Waals surface area contributed by atoms with Crippen LogP contribution in [0.25, 0.3) is 6.08 Å². The largest absolute Gasteiger partial charge is 0.352 e. The number of carbonyl (C=O) groups excluding carboxylic acids is 1. The predicted octanol–water partition coefficient (Wildman–Crippen LogP) is 3.11. The van der Waals surface area contributed by atoms with E-state index in [1.165, 1.54) is 6.08 Å². The Morgan fingerprint density at radius 2 is 2.15 bits per heavy atom. The molecule has 0 saturated carbocycles. The Labute approximate surface area is 123 Å². The van der Waals surface area contributed by atoms with Crippen LogP contribution in [-0.2, 0) is 11.2 Å². The number of carbonyl (C=O) groups is 1. The van der Waals surface area contributed by atoms with Crippen LogP contribution in [0.15, 0.2) is 54.7 Å². The Morgan fingerprint density at radius 1 is 1.25 bits per heavy atom. The second kappa shape index (κ2) is 7.46. The van der Waals surface area contributed by atoms with Crippen molar-refractivity contribution < 1.29 is 4.79 Å². The molecule has 0 unspecified atom stereocenters. The van der Waals surface area contributed by atoms with Crippen molar-refractivity contribution in [2.45, 2.75) is 6.42 Å². The molecule has 20 heavy (non-hydrogen) atoms. The Morgan fingerprint density at radius 3 is 2.90 bits per heavy atom. The van der Waals surface area contributed by atoms with E-state index in [-0.39, 0.29) is 5.91 Å². The van der Waals surface area contributed by atoms with E-state index in [4.69, 9.17) is 11.6 Å². The normalized spacial score (nSPS) is 10.7. The van der Waals surface area contributed by atoms with Crippen molar-refractivity contribution in [3.8, 4) is 0 Å². The predicted molar refractivity (Wildman–Crippen MR) is 81.4 cm³/mol. The van der Waals surface area contributed by atoms with E-state index in [1.54, 1.807) is 24.4 Å². The van der Waals surface area contributed by atoms with Gasteiger partial charge in [-0.25, -0.2) is 0 Å². The lowest BCUT2D eigenvalue weighted by Gasteiger charge is -2.01. The molecule has 0 fully saturated rings. The Kier molecular flexibility index (Phi) is 5.33. The number of hydrogen-bond donors (Lipinski definition) is 1. The summed E-state index contributed by atoms with van der Waals surface area (Å²) in [5.74, 6) is -0.124. The molecule has 1 heterocycles. The number of amides is 1. The highest BCUT2D eigenvalue weighted by Gasteiger charge is 1.97. The molecule has 3 nitrogen and oxygen atoms in total. The molecule has 102 valence electrons. The van der Waals surface area contributed by atoms with Gasteiger partial charge in [-0.05, 0) is 35.9 Å². The third-order valence-corrected chi connectivity index (χ3v) is 2.92. The van der Waals surface area contributed by atoms with E-state index in [2.05, 4.69) is 10.3 Å². The summed E-state index contributed by atoms with van der Waals surface area (Å²) in [5, 5.41) is 3.47. The van der Waals surface area contributed by atoms with E-state index < -0.39 is 0 Å². The van der Waals surface area contributed by atoms with Crippen LogP contribution in [-0.4, -0.2) is 17.4 Å². The Hall–Kier alpha value is -2.13. The fraction of sp³-hybridized carbons (Fsp3) is 0.125. The minimum absolute atomic E-state index is 0.124. The lowest BCUT2D eigenvalue weighted by molar-refractivity contribution is -0.116. The van der Waals surface area contributed by atoms with Gasteiger partial charge in [0.15, 0.2) is 0 Å². The zero-order valence-electron chi connectivity index (χ0n) is 10.9. The third-order valence-electron chi connectivity index (χ3n) is 2.68. The van der Waals surface area contributed by atoms with Gasteiger partial charge in [0.1, 0.15) is 0 Å². The molecule has 0 aliphatic carbocycles. The molecule has 1 N–H and O–H groups in total. The van der Waals surface area contributed by atoms with Gasteiger partial charge in [-0.1, -0.05) is 29.8 Å². The Balaban J connectivity index is 1.78. The van der Waals surface area contributed by atoms with Crippen LogP contribution in [0.4, 0.5) is 0 Å². The summed E-state index contributed by atoms with van der Waals surface area (Å²) in [6.45, 7) is 0.565. The lowest BCUT2D eigenvalue weighted by atomic mass is 10.2. The maximum Gasteiger partial charge on any atom is 0.244 e. The topological polar surface area (TPSA) is 42.0 Å². The van der Waals surface area contributed by atoms with E-state index in [1.807, 2.05) is 30.3 Å². The first kappa shape index (κ1) is 14.3. The SMILES string of the molecule is O=C(/C=C/c1cccc(Cl)c1)NCCc1ccccn1. The molecule has 0 aliphatic heterocycles. The fourth-order valence-electron chi connectivity index (χ4n) is 1.70. The summed E-state index contributed by atoms with van der Waals surface area (Å²) < 4.78 is 0. The van der Waals surface area contributed by atoms with Crippen molar-refractivity contribution >= 4 is 23.6 Å². The highest BCUT2D eigenvalue weighted by atomic mass is 35.5. The molecule has 1 aromatic carbocycles. The van der Waals surface area contributed by atoms with Gasteiger partial charge in [0, 0.05) is 36.0 Å². The molecule has 2 aromatic rings. The highest BCUT2D eigenvalue weighted by molar-refractivity contribution is 6.30. The maximum absolute atomic E-state index is 11.6. The summed E-state index contributed by atoms with van der Waals surface area (Å²) in [4.78, 5) is 15.8. The number of hydrogen-bond acceptors (Lipinski definition) is 2. The van der Waals surface area contributed by atoms with Gasteiger partial charge in [-0.3, -0.25) is 9.78 Å².